The number of rotatable bonds is 7. The van der Waals surface area contributed by atoms with E-state index in [1.165, 1.54) is 5.56 Å². The minimum absolute atomic E-state index is 0.475. The standard InChI is InChI=1S/C16H25N3O2/c1-4-13-7-9-14(10-8-13)18-16(21)15(20)17-11-12-19(5-2)6-3/h7-10H,4-6,11-12H2,1-3H3,(H,17,20)(H,18,21). The lowest BCUT2D eigenvalue weighted by Gasteiger charge is -2.17. The van der Waals surface area contributed by atoms with Crippen molar-refractivity contribution in [3.05, 3.63) is 29.8 Å². The predicted molar refractivity (Wildman–Crippen MR) is 85.2 cm³/mol. The second-order valence-corrected chi connectivity index (χ2v) is 4.79. The topological polar surface area (TPSA) is 61.4 Å². The first-order valence-corrected chi connectivity index (χ1v) is 7.51. The molecule has 0 aliphatic carbocycles. The molecule has 0 aliphatic heterocycles. The van der Waals surface area contributed by atoms with Crippen molar-refractivity contribution < 1.29 is 9.59 Å². The van der Waals surface area contributed by atoms with Crippen LogP contribution >= 0.6 is 0 Å². The van der Waals surface area contributed by atoms with Crippen LogP contribution in [0.1, 0.15) is 26.3 Å². The van der Waals surface area contributed by atoms with Crippen LogP contribution in [0.5, 0.6) is 0 Å². The molecule has 0 heterocycles. The predicted octanol–water partition coefficient (Wildman–Crippen LogP) is 1.65. The van der Waals surface area contributed by atoms with Crippen LogP contribution in [0.4, 0.5) is 5.69 Å². The van der Waals surface area contributed by atoms with Crippen molar-refractivity contribution in [3.63, 3.8) is 0 Å². The van der Waals surface area contributed by atoms with Gasteiger partial charge >= 0.3 is 11.8 Å². The highest BCUT2D eigenvalue weighted by Crippen LogP contribution is 2.09. The number of hydrogen-bond donors (Lipinski definition) is 2. The number of likely N-dealkylation sites (N-methyl/N-ethyl adjacent to an activating group) is 1. The molecule has 0 aromatic heterocycles. The maximum Gasteiger partial charge on any atom is 0.313 e. The molecular weight excluding hydrogens is 266 g/mol. The molecule has 0 fully saturated rings. The molecular formula is C16H25N3O2. The van der Waals surface area contributed by atoms with E-state index in [0.717, 1.165) is 26.1 Å². The fourth-order valence-electron chi connectivity index (χ4n) is 1.96. The third kappa shape index (κ3) is 5.95. The molecule has 2 amide bonds. The number of amides is 2. The molecule has 0 radical (unpaired) electrons. The van der Waals surface area contributed by atoms with Crippen molar-refractivity contribution in [2.24, 2.45) is 0 Å². The number of nitrogens with zero attached hydrogens (tertiary/aromatic N) is 1. The third-order valence-electron chi connectivity index (χ3n) is 3.43. The zero-order valence-electron chi connectivity index (χ0n) is 13.1. The van der Waals surface area contributed by atoms with Crippen LogP contribution in [-0.2, 0) is 16.0 Å². The van der Waals surface area contributed by atoms with E-state index in [1.807, 2.05) is 12.1 Å². The smallest absolute Gasteiger partial charge is 0.313 e. The summed E-state index contributed by atoms with van der Waals surface area (Å²) >= 11 is 0. The van der Waals surface area contributed by atoms with E-state index in [2.05, 4.69) is 36.3 Å². The Hall–Kier alpha value is -1.88. The van der Waals surface area contributed by atoms with Crippen LogP contribution in [0.2, 0.25) is 0 Å². The van der Waals surface area contributed by atoms with E-state index >= 15 is 0 Å². The van der Waals surface area contributed by atoms with Gasteiger partial charge in [-0.15, -0.1) is 0 Å². The normalized spacial score (nSPS) is 10.5. The minimum Gasteiger partial charge on any atom is -0.347 e. The Labute approximate surface area is 126 Å². The van der Waals surface area contributed by atoms with Gasteiger partial charge in [-0.05, 0) is 37.2 Å². The number of hydrogen-bond acceptors (Lipinski definition) is 3. The first-order valence-electron chi connectivity index (χ1n) is 7.51. The second-order valence-electron chi connectivity index (χ2n) is 4.79. The lowest BCUT2D eigenvalue weighted by Crippen LogP contribution is -2.40. The maximum atomic E-state index is 11.7. The molecule has 0 aliphatic rings. The Balaban J connectivity index is 2.38. The first-order chi connectivity index (χ1) is 10.1. The summed E-state index contributed by atoms with van der Waals surface area (Å²) in [5, 5.41) is 5.23. The Bertz CT molecular complexity index is 453. The van der Waals surface area contributed by atoms with Gasteiger partial charge in [0.25, 0.3) is 0 Å². The lowest BCUT2D eigenvalue weighted by molar-refractivity contribution is -0.136. The van der Waals surface area contributed by atoms with Gasteiger partial charge in [-0.1, -0.05) is 32.9 Å². The zero-order valence-corrected chi connectivity index (χ0v) is 13.1. The molecule has 5 heteroatoms. The van der Waals surface area contributed by atoms with Crippen LogP contribution in [0.15, 0.2) is 24.3 Å². The van der Waals surface area contributed by atoms with Crippen molar-refractivity contribution in [1.82, 2.24) is 10.2 Å². The van der Waals surface area contributed by atoms with Crippen molar-refractivity contribution in [3.8, 4) is 0 Å². The summed E-state index contributed by atoms with van der Waals surface area (Å²) in [6.07, 6.45) is 0.945. The monoisotopic (exact) mass is 291 g/mol. The van der Waals surface area contributed by atoms with E-state index in [4.69, 9.17) is 0 Å². The van der Waals surface area contributed by atoms with Crippen molar-refractivity contribution in [2.75, 3.05) is 31.5 Å². The fourth-order valence-corrected chi connectivity index (χ4v) is 1.96. The summed E-state index contributed by atoms with van der Waals surface area (Å²) in [5.74, 6) is -1.22. The number of aryl methyl sites for hydroxylation is 1. The summed E-state index contributed by atoms with van der Waals surface area (Å²) in [4.78, 5) is 25.6. The third-order valence-corrected chi connectivity index (χ3v) is 3.43. The SMILES string of the molecule is CCc1ccc(NC(=O)C(=O)NCCN(CC)CC)cc1. The van der Waals surface area contributed by atoms with E-state index in [9.17, 15) is 9.59 Å². The zero-order chi connectivity index (χ0) is 15.7. The summed E-state index contributed by atoms with van der Waals surface area (Å²) in [6, 6.07) is 7.49. The number of carbonyl (C=O) groups is 2. The number of benzene rings is 1. The molecule has 1 rings (SSSR count). The molecule has 0 saturated heterocycles. The van der Waals surface area contributed by atoms with Gasteiger partial charge in [0.2, 0.25) is 0 Å². The van der Waals surface area contributed by atoms with Gasteiger partial charge in [0.15, 0.2) is 0 Å². The largest absolute Gasteiger partial charge is 0.347 e. The fraction of sp³-hybridized carbons (Fsp3) is 0.500. The lowest BCUT2D eigenvalue weighted by atomic mass is 10.1. The quantitative estimate of drug-likeness (QED) is 0.751. The highest BCUT2D eigenvalue weighted by Gasteiger charge is 2.13. The van der Waals surface area contributed by atoms with Gasteiger partial charge < -0.3 is 15.5 Å². The Morgan fingerprint density at radius 2 is 1.62 bits per heavy atom. The van der Waals surface area contributed by atoms with Gasteiger partial charge in [0.1, 0.15) is 0 Å². The minimum atomic E-state index is -0.626. The highest BCUT2D eigenvalue weighted by atomic mass is 16.2. The molecule has 0 saturated carbocycles. The molecule has 116 valence electrons. The molecule has 5 nitrogen and oxygen atoms in total. The molecule has 21 heavy (non-hydrogen) atoms. The van der Waals surface area contributed by atoms with Crippen LogP contribution in [0.25, 0.3) is 0 Å². The average Bonchev–Trinajstić information content (AvgIpc) is 2.52. The van der Waals surface area contributed by atoms with E-state index in [-0.39, 0.29) is 0 Å². The molecule has 0 atom stereocenters. The Morgan fingerprint density at radius 3 is 2.14 bits per heavy atom. The van der Waals surface area contributed by atoms with Crippen LogP contribution in [0.3, 0.4) is 0 Å². The van der Waals surface area contributed by atoms with Gasteiger partial charge in [-0.2, -0.15) is 0 Å². The average molecular weight is 291 g/mol. The van der Waals surface area contributed by atoms with Gasteiger partial charge in [0, 0.05) is 18.8 Å². The van der Waals surface area contributed by atoms with Crippen LogP contribution < -0.4 is 10.6 Å². The summed E-state index contributed by atoms with van der Waals surface area (Å²) in [7, 11) is 0. The Kier molecular flexibility index (Phi) is 7.46. The van der Waals surface area contributed by atoms with E-state index in [1.54, 1.807) is 12.1 Å². The molecule has 0 bridgehead atoms. The molecule has 1 aromatic rings. The van der Waals surface area contributed by atoms with Gasteiger partial charge in [-0.25, -0.2) is 0 Å². The van der Waals surface area contributed by atoms with Crippen LogP contribution in [-0.4, -0.2) is 42.9 Å². The van der Waals surface area contributed by atoms with E-state index in [0.29, 0.717) is 12.2 Å². The second kappa shape index (κ2) is 9.13. The summed E-state index contributed by atoms with van der Waals surface area (Å²) in [6.45, 7) is 9.29. The highest BCUT2D eigenvalue weighted by molar-refractivity contribution is 6.39. The molecule has 0 unspecified atom stereocenters. The summed E-state index contributed by atoms with van der Waals surface area (Å²) < 4.78 is 0. The van der Waals surface area contributed by atoms with Gasteiger partial charge in [-0.3, -0.25) is 9.59 Å². The van der Waals surface area contributed by atoms with Gasteiger partial charge in [0.05, 0.1) is 0 Å². The summed E-state index contributed by atoms with van der Waals surface area (Å²) in [5.41, 5.74) is 1.83. The Morgan fingerprint density at radius 1 is 1.00 bits per heavy atom. The first kappa shape index (κ1) is 17.2. The van der Waals surface area contributed by atoms with Crippen LogP contribution in [0, 0.1) is 0 Å². The van der Waals surface area contributed by atoms with Crippen molar-refractivity contribution in [2.45, 2.75) is 27.2 Å². The number of anilines is 1. The van der Waals surface area contributed by atoms with E-state index < -0.39 is 11.8 Å². The molecule has 1 aromatic carbocycles. The molecule has 0 spiro atoms. The maximum absolute atomic E-state index is 11.7. The molecule has 2 N–H and O–H groups in total. The number of carbonyl (C=O) groups excluding carboxylic acids is 2. The van der Waals surface area contributed by atoms with Crippen molar-refractivity contribution >= 4 is 17.5 Å². The number of nitrogens with one attached hydrogen (secondary N) is 2. The van der Waals surface area contributed by atoms with Crippen molar-refractivity contribution in [1.29, 1.82) is 0 Å².